The fraction of sp³-hybridized carbons (Fsp3) is 0.690. The minimum atomic E-state index is -1.15. The van der Waals surface area contributed by atoms with E-state index in [0.29, 0.717) is 12.1 Å². The van der Waals surface area contributed by atoms with Crippen molar-refractivity contribution in [2.75, 3.05) is 26.7 Å². The van der Waals surface area contributed by atoms with Gasteiger partial charge in [0, 0.05) is 13.6 Å². The molecule has 0 bridgehead atoms. The lowest BCUT2D eigenvalue weighted by atomic mass is 9.70. The number of carbonyl (C=O) groups excluding carboxylic acids is 7. The van der Waals surface area contributed by atoms with Gasteiger partial charge in [0.15, 0.2) is 0 Å². The number of hydrogen-bond acceptors (Lipinski definition) is 8. The standard InChI is InChI=1S/C40H58N6O8.C2H6/c1-3-54-40(53)45-33(28-18-8-5-9-19-28)39(52)46-22-21-26-15-10-11-20-29(26)34(46)37(50)43-30(23-25-13-12-14-25)35(48)38(51)42-24-31(47)44-32(36(49)41-2)27-16-6-4-7-17-27;1-2/h4,6-7,16-17,25-26,28-30,32-34H,3,5,8-15,18-24H2,1-2H3,(H,41,49)(H,42,51)(H,43,50)(H,44,47)(H,45,53);1-2H3/t26-,29-,30?,32?,33?,34?;/m0./s1. The van der Waals surface area contributed by atoms with Gasteiger partial charge in [0.05, 0.1) is 19.2 Å². The summed E-state index contributed by atoms with van der Waals surface area (Å²) >= 11 is 0. The number of fused-ring (bicyclic) bond motifs is 1. The Kier molecular flexibility index (Phi) is 17.6. The molecule has 0 radical (unpaired) electrons. The third-order valence-corrected chi connectivity index (χ3v) is 11.9. The Hall–Kier alpha value is -4.49. The monoisotopic (exact) mass is 780 g/mol. The molecule has 5 rings (SSSR count). The van der Waals surface area contributed by atoms with Gasteiger partial charge in [0.2, 0.25) is 29.4 Å². The van der Waals surface area contributed by atoms with Gasteiger partial charge in [0.25, 0.3) is 5.91 Å². The van der Waals surface area contributed by atoms with Crippen LogP contribution in [-0.4, -0.2) is 91.2 Å². The van der Waals surface area contributed by atoms with Crippen molar-refractivity contribution in [2.45, 2.75) is 135 Å². The number of benzene rings is 1. The lowest BCUT2D eigenvalue weighted by Crippen LogP contribution is -2.64. The van der Waals surface area contributed by atoms with E-state index in [1.807, 2.05) is 13.8 Å². The number of rotatable bonds is 15. The zero-order valence-electron chi connectivity index (χ0n) is 33.7. The number of likely N-dealkylation sites (N-methyl/N-ethyl adjacent to an activating group) is 1. The molecule has 0 spiro atoms. The molecule has 4 unspecified atom stereocenters. The molecular formula is C42H64N6O8. The number of ketones is 1. The summed E-state index contributed by atoms with van der Waals surface area (Å²) < 4.78 is 5.19. The second kappa shape index (κ2) is 22.3. The Morgan fingerprint density at radius 1 is 0.804 bits per heavy atom. The van der Waals surface area contributed by atoms with E-state index in [2.05, 4.69) is 26.6 Å². The Bertz CT molecular complexity index is 1500. The van der Waals surface area contributed by atoms with Crippen LogP contribution in [0.15, 0.2) is 30.3 Å². The van der Waals surface area contributed by atoms with E-state index >= 15 is 0 Å². The molecule has 1 aliphatic heterocycles. The highest BCUT2D eigenvalue weighted by Gasteiger charge is 2.48. The number of ether oxygens (including phenoxy) is 1. The number of nitrogens with one attached hydrogen (secondary N) is 5. The summed E-state index contributed by atoms with van der Waals surface area (Å²) in [5, 5.41) is 13.3. The molecule has 1 saturated heterocycles. The molecule has 310 valence electrons. The zero-order chi connectivity index (χ0) is 40.6. The minimum absolute atomic E-state index is 0.0865. The molecule has 5 N–H and O–H groups in total. The normalized spacial score (nSPS) is 22.5. The van der Waals surface area contributed by atoms with Crippen LogP contribution in [0, 0.1) is 23.7 Å². The van der Waals surface area contributed by atoms with Gasteiger partial charge >= 0.3 is 6.09 Å². The van der Waals surface area contributed by atoms with Crippen molar-refractivity contribution < 1.29 is 38.3 Å². The van der Waals surface area contributed by atoms with Crippen LogP contribution in [0.25, 0.3) is 0 Å². The van der Waals surface area contributed by atoms with Gasteiger partial charge in [-0.05, 0) is 68.3 Å². The molecule has 3 saturated carbocycles. The summed E-state index contributed by atoms with van der Waals surface area (Å²) in [6.07, 6.45) is 11.3. The fourth-order valence-corrected chi connectivity index (χ4v) is 8.85. The molecule has 4 aliphatic rings. The van der Waals surface area contributed by atoms with E-state index in [9.17, 15) is 33.6 Å². The first-order valence-corrected chi connectivity index (χ1v) is 21.0. The molecule has 56 heavy (non-hydrogen) atoms. The summed E-state index contributed by atoms with van der Waals surface area (Å²) in [5.74, 6) is -3.62. The number of piperidine rings is 1. The maximum atomic E-state index is 14.5. The van der Waals surface area contributed by atoms with Crippen molar-refractivity contribution >= 4 is 41.4 Å². The van der Waals surface area contributed by atoms with E-state index < -0.39 is 66.2 Å². The van der Waals surface area contributed by atoms with Gasteiger partial charge in [-0.3, -0.25) is 28.8 Å². The quantitative estimate of drug-likeness (QED) is 0.165. The van der Waals surface area contributed by atoms with Crippen LogP contribution < -0.4 is 26.6 Å². The number of nitrogens with zero attached hydrogens (tertiary/aromatic N) is 1. The van der Waals surface area contributed by atoms with Gasteiger partial charge in [-0.15, -0.1) is 0 Å². The average molecular weight is 781 g/mol. The number of alkyl carbamates (subject to hydrolysis) is 1. The second-order valence-corrected chi connectivity index (χ2v) is 15.4. The minimum Gasteiger partial charge on any atom is -0.450 e. The first-order valence-electron chi connectivity index (χ1n) is 21.0. The van der Waals surface area contributed by atoms with E-state index in [1.165, 1.54) is 7.05 Å². The van der Waals surface area contributed by atoms with Crippen molar-refractivity contribution in [1.82, 2.24) is 31.5 Å². The van der Waals surface area contributed by atoms with Crippen LogP contribution in [0.4, 0.5) is 4.79 Å². The van der Waals surface area contributed by atoms with Gasteiger partial charge in [-0.1, -0.05) is 102 Å². The SMILES string of the molecule is CC.CCOC(=O)NC(C(=O)N1CC[C@@H]2CCCC[C@@H]2C1C(=O)NC(CC1CCC1)C(=O)C(=O)NCC(=O)NC(C(=O)NC)c1ccccc1)C1CCCCC1. The average Bonchev–Trinajstić information content (AvgIpc) is 3.21. The van der Waals surface area contributed by atoms with Gasteiger partial charge in [-0.2, -0.15) is 0 Å². The van der Waals surface area contributed by atoms with Gasteiger partial charge < -0.3 is 36.2 Å². The van der Waals surface area contributed by atoms with E-state index in [1.54, 1.807) is 42.2 Å². The lowest BCUT2D eigenvalue weighted by Gasteiger charge is -2.48. The van der Waals surface area contributed by atoms with E-state index in [0.717, 1.165) is 83.5 Å². The highest BCUT2D eigenvalue weighted by atomic mass is 16.5. The van der Waals surface area contributed by atoms with Crippen LogP contribution in [0.1, 0.15) is 122 Å². The Balaban J connectivity index is 0.00000342. The molecular weight excluding hydrogens is 716 g/mol. The van der Waals surface area contributed by atoms with Crippen LogP contribution in [0.2, 0.25) is 0 Å². The molecule has 4 fully saturated rings. The summed E-state index contributed by atoms with van der Waals surface area (Å²) in [6, 6.07) is 4.79. The summed E-state index contributed by atoms with van der Waals surface area (Å²) in [5.41, 5.74) is 0.549. The van der Waals surface area contributed by atoms with Crippen LogP contribution in [0.3, 0.4) is 0 Å². The number of likely N-dealkylation sites (tertiary alicyclic amines) is 1. The zero-order valence-corrected chi connectivity index (χ0v) is 33.7. The molecule has 1 aromatic carbocycles. The lowest BCUT2D eigenvalue weighted by molar-refractivity contribution is -0.151. The predicted octanol–water partition coefficient (Wildman–Crippen LogP) is 4.08. The first-order chi connectivity index (χ1) is 27.1. The predicted molar refractivity (Wildman–Crippen MR) is 211 cm³/mol. The largest absolute Gasteiger partial charge is 0.450 e. The maximum absolute atomic E-state index is 14.5. The molecule has 3 aliphatic carbocycles. The number of Topliss-reactive ketones (excluding diaryl/α,β-unsaturated/α-hetero) is 1. The fourth-order valence-electron chi connectivity index (χ4n) is 8.85. The van der Waals surface area contributed by atoms with Crippen molar-refractivity contribution in [2.24, 2.45) is 23.7 Å². The molecule has 14 nitrogen and oxygen atoms in total. The molecule has 1 aromatic rings. The third kappa shape index (κ3) is 11.8. The van der Waals surface area contributed by atoms with Gasteiger partial charge in [-0.25, -0.2) is 4.79 Å². The number of carbonyl (C=O) groups is 7. The summed E-state index contributed by atoms with van der Waals surface area (Å²) in [6.45, 7) is 5.66. The third-order valence-electron chi connectivity index (χ3n) is 11.9. The maximum Gasteiger partial charge on any atom is 0.407 e. The van der Waals surface area contributed by atoms with E-state index in [4.69, 9.17) is 4.74 Å². The highest BCUT2D eigenvalue weighted by Crippen LogP contribution is 2.41. The molecule has 6 amide bonds. The molecule has 0 aromatic heterocycles. The smallest absolute Gasteiger partial charge is 0.407 e. The number of amides is 6. The summed E-state index contributed by atoms with van der Waals surface area (Å²) in [4.78, 5) is 95.9. The van der Waals surface area contributed by atoms with Crippen molar-refractivity contribution in [1.29, 1.82) is 0 Å². The summed E-state index contributed by atoms with van der Waals surface area (Å²) in [7, 11) is 1.45. The van der Waals surface area contributed by atoms with Crippen LogP contribution in [0.5, 0.6) is 0 Å². The molecule has 14 heteroatoms. The van der Waals surface area contributed by atoms with Crippen molar-refractivity contribution in [3.8, 4) is 0 Å². The van der Waals surface area contributed by atoms with Gasteiger partial charge in [0.1, 0.15) is 18.1 Å². The Morgan fingerprint density at radius 3 is 2.12 bits per heavy atom. The first kappa shape index (κ1) is 44.2. The van der Waals surface area contributed by atoms with Crippen LogP contribution >= 0.6 is 0 Å². The van der Waals surface area contributed by atoms with E-state index in [-0.39, 0.29) is 42.6 Å². The van der Waals surface area contributed by atoms with Crippen molar-refractivity contribution in [3.63, 3.8) is 0 Å². The Labute approximate surface area is 331 Å². The highest BCUT2D eigenvalue weighted by molar-refractivity contribution is 6.38. The molecule has 6 atom stereocenters. The van der Waals surface area contributed by atoms with Crippen LogP contribution in [-0.2, 0) is 33.5 Å². The number of hydrogen-bond donors (Lipinski definition) is 5. The Morgan fingerprint density at radius 2 is 1.48 bits per heavy atom. The second-order valence-electron chi connectivity index (χ2n) is 15.4. The molecule has 1 heterocycles. The topological polar surface area (TPSA) is 192 Å². The van der Waals surface area contributed by atoms with Crippen molar-refractivity contribution in [3.05, 3.63) is 35.9 Å².